The van der Waals surface area contributed by atoms with Crippen molar-refractivity contribution in [2.24, 2.45) is 13.0 Å². The number of methoxy groups -OCH3 is 1. The van der Waals surface area contributed by atoms with E-state index in [0.717, 1.165) is 31.0 Å². The summed E-state index contributed by atoms with van der Waals surface area (Å²) >= 11 is 6.06. The van der Waals surface area contributed by atoms with Crippen molar-refractivity contribution >= 4 is 17.4 Å². The zero-order chi connectivity index (χ0) is 13.1. The number of anilines is 1. The number of hydrogen-bond acceptors (Lipinski definition) is 3. The van der Waals surface area contributed by atoms with Gasteiger partial charge in [-0.05, 0) is 25.7 Å². The van der Waals surface area contributed by atoms with Crippen molar-refractivity contribution in [3.8, 4) is 0 Å². The Hall–Kier alpha value is -0.740. The molecule has 1 aromatic rings. The molecule has 2 rings (SSSR count). The summed E-state index contributed by atoms with van der Waals surface area (Å²) in [7, 11) is 3.77. The van der Waals surface area contributed by atoms with E-state index in [9.17, 15) is 0 Å². The standard InChI is InChI=1S/C13H22ClN3O/c1-10-12(7-14)13(16(2)15-10)17-6-4-5-11(8-17)9-18-3/h11H,4-9H2,1-3H3. The molecule has 1 unspecified atom stereocenters. The van der Waals surface area contributed by atoms with E-state index >= 15 is 0 Å². The van der Waals surface area contributed by atoms with Gasteiger partial charge in [-0.3, -0.25) is 4.68 Å². The Balaban J connectivity index is 2.20. The van der Waals surface area contributed by atoms with Crippen molar-refractivity contribution in [1.82, 2.24) is 9.78 Å². The molecule has 0 bridgehead atoms. The van der Waals surface area contributed by atoms with Gasteiger partial charge in [-0.25, -0.2) is 0 Å². The minimum Gasteiger partial charge on any atom is -0.384 e. The van der Waals surface area contributed by atoms with Crippen LogP contribution in [-0.2, 0) is 17.7 Å². The van der Waals surface area contributed by atoms with Crippen molar-refractivity contribution < 1.29 is 4.74 Å². The number of aryl methyl sites for hydroxylation is 2. The maximum absolute atomic E-state index is 6.06. The van der Waals surface area contributed by atoms with Gasteiger partial charge in [0.05, 0.1) is 18.2 Å². The third-order valence-corrected chi connectivity index (χ3v) is 3.93. The van der Waals surface area contributed by atoms with Crippen molar-refractivity contribution in [3.05, 3.63) is 11.3 Å². The first-order valence-corrected chi connectivity index (χ1v) is 7.03. The van der Waals surface area contributed by atoms with E-state index in [1.165, 1.54) is 18.7 Å². The molecule has 18 heavy (non-hydrogen) atoms. The van der Waals surface area contributed by atoms with E-state index in [1.54, 1.807) is 7.11 Å². The molecule has 5 heteroatoms. The molecule has 0 amide bonds. The fourth-order valence-corrected chi connectivity index (χ4v) is 3.18. The van der Waals surface area contributed by atoms with Crippen LogP contribution in [0.3, 0.4) is 0 Å². The van der Waals surface area contributed by atoms with Crippen molar-refractivity contribution in [3.63, 3.8) is 0 Å². The second-order valence-corrected chi connectivity index (χ2v) is 5.32. The molecule has 4 nitrogen and oxygen atoms in total. The van der Waals surface area contributed by atoms with E-state index in [4.69, 9.17) is 16.3 Å². The summed E-state index contributed by atoms with van der Waals surface area (Å²) < 4.78 is 7.24. The summed E-state index contributed by atoms with van der Waals surface area (Å²) in [5.41, 5.74) is 2.20. The molecule has 1 saturated heterocycles. The van der Waals surface area contributed by atoms with Gasteiger partial charge in [-0.2, -0.15) is 5.10 Å². The maximum Gasteiger partial charge on any atom is 0.131 e. The number of rotatable bonds is 4. The van der Waals surface area contributed by atoms with Gasteiger partial charge in [0, 0.05) is 32.8 Å². The monoisotopic (exact) mass is 271 g/mol. The summed E-state index contributed by atoms with van der Waals surface area (Å²) in [5.74, 6) is 2.32. The minimum absolute atomic E-state index is 0.528. The largest absolute Gasteiger partial charge is 0.384 e. The summed E-state index contributed by atoms with van der Waals surface area (Å²) in [5, 5.41) is 4.49. The lowest BCUT2D eigenvalue weighted by molar-refractivity contribution is 0.143. The summed E-state index contributed by atoms with van der Waals surface area (Å²) in [6.07, 6.45) is 2.46. The van der Waals surface area contributed by atoms with E-state index in [2.05, 4.69) is 10.00 Å². The second kappa shape index (κ2) is 5.93. The zero-order valence-electron chi connectivity index (χ0n) is 11.4. The predicted molar refractivity (Wildman–Crippen MR) is 74.3 cm³/mol. The molecule has 0 spiro atoms. The molecular weight excluding hydrogens is 250 g/mol. The third-order valence-electron chi connectivity index (χ3n) is 3.67. The first-order chi connectivity index (χ1) is 8.67. The SMILES string of the molecule is COCC1CCCN(c2c(CCl)c(C)nn2C)C1. The fourth-order valence-electron chi connectivity index (χ4n) is 2.87. The Labute approximate surface area is 114 Å². The number of hydrogen-bond donors (Lipinski definition) is 0. The Bertz CT molecular complexity index is 403. The lowest BCUT2D eigenvalue weighted by Crippen LogP contribution is -2.38. The highest BCUT2D eigenvalue weighted by atomic mass is 35.5. The van der Waals surface area contributed by atoms with E-state index in [-0.39, 0.29) is 0 Å². The number of nitrogens with zero attached hydrogens (tertiary/aromatic N) is 3. The number of aromatic nitrogens is 2. The van der Waals surface area contributed by atoms with Crippen LogP contribution in [0.5, 0.6) is 0 Å². The molecule has 0 N–H and O–H groups in total. The highest BCUT2D eigenvalue weighted by Crippen LogP contribution is 2.29. The molecule has 1 fully saturated rings. The molecule has 1 atom stereocenters. The molecule has 0 radical (unpaired) electrons. The van der Waals surface area contributed by atoms with Crippen LogP contribution >= 0.6 is 11.6 Å². The Kier molecular flexibility index (Phi) is 4.51. The highest BCUT2D eigenvalue weighted by molar-refractivity contribution is 6.17. The lowest BCUT2D eigenvalue weighted by Gasteiger charge is -2.34. The van der Waals surface area contributed by atoms with Crippen LogP contribution in [0, 0.1) is 12.8 Å². The molecule has 0 aromatic carbocycles. The topological polar surface area (TPSA) is 30.3 Å². The van der Waals surface area contributed by atoms with Gasteiger partial charge in [0.1, 0.15) is 5.82 Å². The fraction of sp³-hybridized carbons (Fsp3) is 0.769. The second-order valence-electron chi connectivity index (χ2n) is 5.05. The maximum atomic E-state index is 6.06. The van der Waals surface area contributed by atoms with Gasteiger partial charge in [0.15, 0.2) is 0 Å². The Morgan fingerprint density at radius 2 is 2.28 bits per heavy atom. The van der Waals surface area contributed by atoms with Crippen LogP contribution in [0.25, 0.3) is 0 Å². The van der Waals surface area contributed by atoms with Crippen molar-refractivity contribution in [1.29, 1.82) is 0 Å². The van der Waals surface area contributed by atoms with E-state index in [0.29, 0.717) is 11.8 Å². The molecule has 2 heterocycles. The summed E-state index contributed by atoms with van der Waals surface area (Å²) in [6, 6.07) is 0. The Morgan fingerprint density at radius 3 is 2.94 bits per heavy atom. The van der Waals surface area contributed by atoms with Gasteiger partial charge in [0.25, 0.3) is 0 Å². The zero-order valence-corrected chi connectivity index (χ0v) is 12.2. The van der Waals surface area contributed by atoms with Gasteiger partial charge >= 0.3 is 0 Å². The summed E-state index contributed by atoms with van der Waals surface area (Å²) in [4.78, 5) is 2.41. The van der Waals surface area contributed by atoms with Crippen molar-refractivity contribution in [2.45, 2.75) is 25.6 Å². The smallest absolute Gasteiger partial charge is 0.131 e. The van der Waals surface area contributed by atoms with Gasteiger partial charge in [-0.1, -0.05) is 0 Å². The predicted octanol–water partition coefficient (Wildman–Crippen LogP) is 2.33. The van der Waals surface area contributed by atoms with Crippen LogP contribution in [0.2, 0.25) is 0 Å². The number of alkyl halides is 1. The van der Waals surface area contributed by atoms with Crippen LogP contribution in [0.4, 0.5) is 5.82 Å². The molecule has 0 saturated carbocycles. The molecule has 1 aliphatic heterocycles. The van der Waals surface area contributed by atoms with Crippen LogP contribution in [0.1, 0.15) is 24.1 Å². The quantitative estimate of drug-likeness (QED) is 0.788. The molecule has 1 aromatic heterocycles. The number of ether oxygens (including phenoxy) is 1. The normalized spacial score (nSPS) is 20.4. The molecule has 0 aliphatic carbocycles. The van der Waals surface area contributed by atoms with E-state index in [1.807, 2.05) is 18.7 Å². The molecule has 102 valence electrons. The first kappa shape index (κ1) is 13.7. The number of piperidine rings is 1. The first-order valence-electron chi connectivity index (χ1n) is 6.49. The number of halogens is 1. The molecule has 1 aliphatic rings. The highest BCUT2D eigenvalue weighted by Gasteiger charge is 2.25. The van der Waals surface area contributed by atoms with Gasteiger partial charge < -0.3 is 9.64 Å². The minimum atomic E-state index is 0.528. The van der Waals surface area contributed by atoms with Crippen LogP contribution in [0.15, 0.2) is 0 Å². The average Bonchev–Trinajstić information content (AvgIpc) is 2.64. The van der Waals surface area contributed by atoms with Gasteiger partial charge in [0.2, 0.25) is 0 Å². The molecular formula is C13H22ClN3O. The lowest BCUT2D eigenvalue weighted by atomic mass is 9.98. The van der Waals surface area contributed by atoms with Gasteiger partial charge in [-0.15, -0.1) is 11.6 Å². The van der Waals surface area contributed by atoms with Crippen LogP contribution < -0.4 is 4.90 Å². The van der Waals surface area contributed by atoms with E-state index < -0.39 is 0 Å². The Morgan fingerprint density at radius 1 is 1.50 bits per heavy atom. The third kappa shape index (κ3) is 2.64. The average molecular weight is 272 g/mol. The van der Waals surface area contributed by atoms with Crippen molar-refractivity contribution in [2.75, 3.05) is 31.7 Å². The van der Waals surface area contributed by atoms with Crippen LogP contribution in [-0.4, -0.2) is 36.6 Å². The summed E-state index contributed by atoms with van der Waals surface area (Å²) in [6.45, 7) is 4.99.